The summed E-state index contributed by atoms with van der Waals surface area (Å²) in [5.74, 6) is 2.00. The second-order valence-corrected chi connectivity index (χ2v) is 6.32. The van der Waals surface area contributed by atoms with Gasteiger partial charge in [0.1, 0.15) is 23.2 Å². The van der Waals surface area contributed by atoms with Gasteiger partial charge in [-0.25, -0.2) is 15.0 Å². The fraction of sp³-hybridized carbons (Fsp3) is 0.143. The molecule has 7 nitrogen and oxygen atoms in total. The van der Waals surface area contributed by atoms with Crippen molar-refractivity contribution in [3.8, 4) is 5.82 Å². The first kappa shape index (κ1) is 17.7. The van der Waals surface area contributed by atoms with Gasteiger partial charge < -0.3 is 15.2 Å². The molecule has 28 heavy (non-hydrogen) atoms. The van der Waals surface area contributed by atoms with Gasteiger partial charge >= 0.3 is 0 Å². The second-order valence-electron chi connectivity index (χ2n) is 6.32. The maximum Gasteiger partial charge on any atom is 0.269 e. The quantitative estimate of drug-likeness (QED) is 0.508. The molecule has 4 aromatic rings. The lowest BCUT2D eigenvalue weighted by Gasteiger charge is -2.10. The third-order valence-electron chi connectivity index (χ3n) is 4.24. The number of anilines is 1. The fourth-order valence-electron chi connectivity index (χ4n) is 2.91. The monoisotopic (exact) mass is 372 g/mol. The Kier molecular flexibility index (Phi) is 4.97. The molecular weight excluding hydrogens is 352 g/mol. The fourth-order valence-corrected chi connectivity index (χ4v) is 2.91. The Morgan fingerprint density at radius 1 is 0.964 bits per heavy atom. The minimum absolute atomic E-state index is 0.195. The highest BCUT2D eigenvalue weighted by atomic mass is 16.1. The number of nitrogens with zero attached hydrogens (tertiary/aromatic N) is 4. The normalized spacial score (nSPS) is 10.8. The van der Waals surface area contributed by atoms with Gasteiger partial charge in [-0.05, 0) is 31.2 Å². The molecule has 2 N–H and O–H groups in total. The molecule has 1 amide bonds. The molecule has 0 fully saturated rings. The Morgan fingerprint density at radius 3 is 2.64 bits per heavy atom. The number of para-hydroxylation sites is 1. The first-order valence-electron chi connectivity index (χ1n) is 9.06. The molecule has 0 aliphatic heterocycles. The highest BCUT2D eigenvalue weighted by Gasteiger charge is 2.08. The summed E-state index contributed by atoms with van der Waals surface area (Å²) in [6.07, 6.45) is 3.87. The van der Waals surface area contributed by atoms with E-state index < -0.39 is 0 Å². The van der Waals surface area contributed by atoms with Crippen molar-refractivity contribution in [1.29, 1.82) is 0 Å². The first-order chi connectivity index (χ1) is 13.7. The summed E-state index contributed by atoms with van der Waals surface area (Å²) in [5.41, 5.74) is 1.22. The van der Waals surface area contributed by atoms with E-state index >= 15 is 0 Å². The number of aromatic nitrogens is 4. The molecule has 0 unspecified atom stereocenters. The third kappa shape index (κ3) is 3.98. The summed E-state index contributed by atoms with van der Waals surface area (Å²) in [6, 6.07) is 17.1. The van der Waals surface area contributed by atoms with Gasteiger partial charge in [0.25, 0.3) is 5.91 Å². The van der Waals surface area contributed by atoms with Gasteiger partial charge in [0.05, 0.1) is 5.52 Å². The van der Waals surface area contributed by atoms with Crippen LogP contribution in [0.5, 0.6) is 0 Å². The number of hydrogen-bond acceptors (Lipinski definition) is 5. The Morgan fingerprint density at radius 2 is 1.79 bits per heavy atom. The van der Waals surface area contributed by atoms with Crippen molar-refractivity contribution in [2.24, 2.45) is 0 Å². The average molecular weight is 372 g/mol. The van der Waals surface area contributed by atoms with Crippen molar-refractivity contribution >= 4 is 22.6 Å². The first-order valence-corrected chi connectivity index (χ1v) is 9.06. The number of nitrogens with one attached hydrogen (secondary N) is 2. The van der Waals surface area contributed by atoms with Gasteiger partial charge in [0.2, 0.25) is 0 Å². The van der Waals surface area contributed by atoms with E-state index in [0.29, 0.717) is 30.4 Å². The minimum atomic E-state index is -0.195. The highest BCUT2D eigenvalue weighted by molar-refractivity contribution is 5.94. The molecule has 3 heterocycles. The standard InChI is InChI=1S/C21H20N6O/c1-15-24-19(14-20(25-15)27-12-4-5-13-27)22-10-11-23-21(28)18-9-8-16-6-2-3-7-17(16)26-18/h2-9,12-14H,10-11H2,1H3,(H,23,28)(H,22,24,25). The molecule has 0 aliphatic rings. The number of rotatable bonds is 6. The third-order valence-corrected chi connectivity index (χ3v) is 4.24. The molecule has 140 valence electrons. The number of fused-ring (bicyclic) bond motifs is 1. The molecular formula is C21H20N6O. The van der Waals surface area contributed by atoms with Gasteiger partial charge in [0, 0.05) is 36.9 Å². The van der Waals surface area contributed by atoms with E-state index in [2.05, 4.69) is 25.6 Å². The van der Waals surface area contributed by atoms with E-state index in [1.165, 1.54) is 0 Å². The number of aryl methyl sites for hydroxylation is 1. The Labute approximate surface area is 162 Å². The van der Waals surface area contributed by atoms with Crippen molar-refractivity contribution in [2.75, 3.05) is 18.4 Å². The van der Waals surface area contributed by atoms with E-state index in [-0.39, 0.29) is 5.91 Å². The van der Waals surface area contributed by atoms with Crippen LogP contribution in [-0.2, 0) is 0 Å². The average Bonchev–Trinajstić information content (AvgIpc) is 3.25. The van der Waals surface area contributed by atoms with Crippen LogP contribution in [0.1, 0.15) is 16.3 Å². The highest BCUT2D eigenvalue weighted by Crippen LogP contribution is 2.12. The molecule has 0 aliphatic carbocycles. The van der Waals surface area contributed by atoms with Crippen LogP contribution in [-0.4, -0.2) is 38.5 Å². The van der Waals surface area contributed by atoms with Crippen molar-refractivity contribution < 1.29 is 4.79 Å². The topological polar surface area (TPSA) is 84.7 Å². The summed E-state index contributed by atoms with van der Waals surface area (Å²) < 4.78 is 1.92. The maximum atomic E-state index is 12.3. The molecule has 3 aromatic heterocycles. The lowest BCUT2D eigenvalue weighted by atomic mass is 10.2. The zero-order chi connectivity index (χ0) is 19.3. The molecule has 0 radical (unpaired) electrons. The van der Waals surface area contributed by atoms with Gasteiger partial charge in [-0.1, -0.05) is 24.3 Å². The van der Waals surface area contributed by atoms with Crippen molar-refractivity contribution in [2.45, 2.75) is 6.92 Å². The van der Waals surface area contributed by atoms with Crippen molar-refractivity contribution in [1.82, 2.24) is 24.8 Å². The number of amides is 1. The smallest absolute Gasteiger partial charge is 0.269 e. The van der Waals surface area contributed by atoms with Crippen molar-refractivity contribution in [3.63, 3.8) is 0 Å². The predicted octanol–water partition coefficient (Wildman–Crippen LogP) is 2.97. The van der Waals surface area contributed by atoms with E-state index in [0.717, 1.165) is 16.7 Å². The van der Waals surface area contributed by atoms with E-state index in [4.69, 9.17) is 0 Å². The molecule has 0 bridgehead atoms. The number of carbonyl (C=O) groups excluding carboxylic acids is 1. The van der Waals surface area contributed by atoms with Crippen molar-refractivity contribution in [3.05, 3.63) is 78.5 Å². The predicted molar refractivity (Wildman–Crippen MR) is 109 cm³/mol. The van der Waals surface area contributed by atoms with Crippen LogP contribution in [0.3, 0.4) is 0 Å². The largest absolute Gasteiger partial charge is 0.368 e. The molecule has 0 saturated heterocycles. The maximum absolute atomic E-state index is 12.3. The number of carbonyl (C=O) groups is 1. The number of pyridine rings is 1. The molecule has 4 rings (SSSR count). The number of benzene rings is 1. The second kappa shape index (κ2) is 7.87. The summed E-state index contributed by atoms with van der Waals surface area (Å²) in [7, 11) is 0. The Bertz CT molecular complexity index is 1110. The lowest BCUT2D eigenvalue weighted by Crippen LogP contribution is -2.29. The van der Waals surface area contributed by atoms with Crippen LogP contribution in [0.2, 0.25) is 0 Å². The van der Waals surface area contributed by atoms with Crippen LogP contribution in [0.15, 0.2) is 67.0 Å². The molecule has 0 spiro atoms. The van der Waals surface area contributed by atoms with Gasteiger partial charge in [0.15, 0.2) is 0 Å². The molecule has 0 atom stereocenters. The van der Waals surface area contributed by atoms with Crippen LogP contribution in [0.25, 0.3) is 16.7 Å². The van der Waals surface area contributed by atoms with Crippen LogP contribution >= 0.6 is 0 Å². The number of hydrogen-bond donors (Lipinski definition) is 2. The lowest BCUT2D eigenvalue weighted by molar-refractivity contribution is 0.0950. The summed E-state index contributed by atoms with van der Waals surface area (Å²) >= 11 is 0. The summed E-state index contributed by atoms with van der Waals surface area (Å²) in [6.45, 7) is 2.85. The summed E-state index contributed by atoms with van der Waals surface area (Å²) in [4.78, 5) is 25.6. The minimum Gasteiger partial charge on any atom is -0.368 e. The zero-order valence-corrected chi connectivity index (χ0v) is 15.5. The van der Waals surface area contributed by atoms with Crippen LogP contribution < -0.4 is 10.6 Å². The summed E-state index contributed by atoms with van der Waals surface area (Å²) in [5, 5.41) is 7.12. The van der Waals surface area contributed by atoms with Gasteiger partial charge in [-0.2, -0.15) is 0 Å². The van der Waals surface area contributed by atoms with Crippen LogP contribution in [0.4, 0.5) is 5.82 Å². The van der Waals surface area contributed by atoms with Crippen LogP contribution in [0, 0.1) is 6.92 Å². The van der Waals surface area contributed by atoms with E-state index in [9.17, 15) is 4.79 Å². The molecule has 7 heteroatoms. The van der Waals surface area contributed by atoms with E-state index in [1.54, 1.807) is 6.07 Å². The Balaban J connectivity index is 1.34. The molecule has 1 aromatic carbocycles. The molecule has 0 saturated carbocycles. The zero-order valence-electron chi connectivity index (χ0n) is 15.5. The van der Waals surface area contributed by atoms with Gasteiger partial charge in [-0.15, -0.1) is 0 Å². The Hall–Kier alpha value is -3.74. The SMILES string of the molecule is Cc1nc(NCCNC(=O)c2ccc3ccccc3n2)cc(-n2cccc2)n1. The van der Waals surface area contributed by atoms with E-state index in [1.807, 2.05) is 72.4 Å². The van der Waals surface area contributed by atoms with Gasteiger partial charge in [-0.3, -0.25) is 4.79 Å².